The first kappa shape index (κ1) is 29.4. The van der Waals surface area contributed by atoms with Crippen LogP contribution in [0.25, 0.3) is 0 Å². The van der Waals surface area contributed by atoms with Crippen LogP contribution in [-0.4, -0.2) is 72.3 Å². The summed E-state index contributed by atoms with van der Waals surface area (Å²) in [4.78, 5) is 44.0. The van der Waals surface area contributed by atoms with Crippen molar-refractivity contribution < 1.29 is 14.4 Å². The Balaban J connectivity index is 1.81. The highest BCUT2D eigenvalue weighted by Crippen LogP contribution is 2.27. The summed E-state index contributed by atoms with van der Waals surface area (Å²) in [5, 5.41) is 5.93. The second kappa shape index (κ2) is 13.1. The Hall–Kier alpha value is -3.19. The van der Waals surface area contributed by atoms with Gasteiger partial charge in [0.05, 0.1) is 6.04 Å². The average molecular weight is 521 g/mol. The molecule has 38 heavy (non-hydrogen) atoms. The fourth-order valence-electron chi connectivity index (χ4n) is 4.85. The molecule has 2 aromatic carbocycles. The lowest BCUT2D eigenvalue weighted by Gasteiger charge is -2.37. The quantitative estimate of drug-likeness (QED) is 0.499. The van der Waals surface area contributed by atoms with Crippen LogP contribution in [-0.2, 0) is 16.0 Å². The number of hydrogen-bond donors (Lipinski definition) is 2. The van der Waals surface area contributed by atoms with E-state index in [0.717, 1.165) is 24.8 Å². The molecular formula is C31H44N4O3. The number of aryl methyl sites for hydroxylation is 1. The van der Waals surface area contributed by atoms with Crippen molar-refractivity contribution in [1.82, 2.24) is 20.4 Å². The normalized spacial score (nSPS) is 17.1. The number of rotatable bonds is 10. The molecule has 0 aromatic heterocycles. The molecule has 1 aliphatic rings. The molecule has 7 nitrogen and oxygen atoms in total. The van der Waals surface area contributed by atoms with Gasteiger partial charge in [-0.2, -0.15) is 0 Å². The van der Waals surface area contributed by atoms with Gasteiger partial charge in [0.2, 0.25) is 11.8 Å². The predicted molar refractivity (Wildman–Crippen MR) is 152 cm³/mol. The predicted octanol–water partition coefficient (Wildman–Crippen LogP) is 3.81. The molecule has 0 aliphatic carbocycles. The first-order valence-corrected chi connectivity index (χ1v) is 13.7. The van der Waals surface area contributed by atoms with Gasteiger partial charge in [0.1, 0.15) is 6.04 Å². The van der Waals surface area contributed by atoms with Crippen LogP contribution in [0.15, 0.2) is 54.6 Å². The monoisotopic (exact) mass is 520 g/mol. The van der Waals surface area contributed by atoms with E-state index in [-0.39, 0.29) is 23.8 Å². The fraction of sp³-hybridized carbons (Fsp3) is 0.516. The molecule has 0 bridgehead atoms. The minimum Gasteiger partial charge on any atom is -0.342 e. The Morgan fingerprint density at radius 2 is 1.71 bits per heavy atom. The molecule has 2 N–H and O–H groups in total. The number of likely N-dealkylation sites (tertiary alicyclic amines) is 1. The highest BCUT2D eigenvalue weighted by molar-refractivity contribution is 5.94. The topological polar surface area (TPSA) is 81.8 Å². The number of nitrogens with one attached hydrogen (secondary N) is 2. The van der Waals surface area contributed by atoms with Crippen molar-refractivity contribution in [2.75, 3.05) is 26.7 Å². The van der Waals surface area contributed by atoms with E-state index in [9.17, 15) is 14.4 Å². The molecule has 1 saturated heterocycles. The Labute approximate surface area is 228 Å². The van der Waals surface area contributed by atoms with Gasteiger partial charge in [-0.3, -0.25) is 14.4 Å². The highest BCUT2D eigenvalue weighted by Gasteiger charge is 2.40. The van der Waals surface area contributed by atoms with Gasteiger partial charge in [-0.15, -0.1) is 0 Å². The van der Waals surface area contributed by atoms with E-state index in [1.807, 2.05) is 80.0 Å². The van der Waals surface area contributed by atoms with E-state index in [1.54, 1.807) is 14.0 Å². The Morgan fingerprint density at radius 1 is 1.05 bits per heavy atom. The van der Waals surface area contributed by atoms with Crippen LogP contribution in [0.5, 0.6) is 0 Å². The van der Waals surface area contributed by atoms with Gasteiger partial charge in [0, 0.05) is 31.2 Å². The van der Waals surface area contributed by atoms with Crippen LogP contribution in [0.2, 0.25) is 0 Å². The molecule has 0 unspecified atom stereocenters. The molecular weight excluding hydrogens is 476 g/mol. The summed E-state index contributed by atoms with van der Waals surface area (Å²) in [5.74, 6) is -0.304. The van der Waals surface area contributed by atoms with E-state index in [4.69, 9.17) is 0 Å². The summed E-state index contributed by atoms with van der Waals surface area (Å²) in [6.45, 7) is 11.3. The summed E-state index contributed by atoms with van der Waals surface area (Å²) >= 11 is 0. The number of carbonyl (C=O) groups is 3. The maximum Gasteiger partial charge on any atom is 0.253 e. The highest BCUT2D eigenvalue weighted by atomic mass is 16.2. The third-order valence-corrected chi connectivity index (χ3v) is 7.42. The average Bonchev–Trinajstić information content (AvgIpc) is 3.36. The van der Waals surface area contributed by atoms with E-state index >= 15 is 0 Å². The smallest absolute Gasteiger partial charge is 0.253 e. The maximum absolute atomic E-state index is 13.9. The first-order valence-electron chi connectivity index (χ1n) is 13.7. The van der Waals surface area contributed by atoms with E-state index in [0.29, 0.717) is 25.2 Å². The van der Waals surface area contributed by atoms with Crippen molar-refractivity contribution >= 4 is 17.7 Å². The summed E-state index contributed by atoms with van der Waals surface area (Å²) < 4.78 is 0. The fourth-order valence-corrected chi connectivity index (χ4v) is 4.85. The van der Waals surface area contributed by atoms with Crippen molar-refractivity contribution in [1.29, 1.82) is 0 Å². The van der Waals surface area contributed by atoms with E-state index in [2.05, 4.69) is 22.8 Å². The number of nitrogens with zero attached hydrogens (tertiary/aromatic N) is 2. The van der Waals surface area contributed by atoms with Crippen LogP contribution < -0.4 is 10.6 Å². The van der Waals surface area contributed by atoms with Gasteiger partial charge in [-0.25, -0.2) is 0 Å². The zero-order valence-electron chi connectivity index (χ0n) is 23.8. The summed E-state index contributed by atoms with van der Waals surface area (Å²) in [7, 11) is 1.73. The van der Waals surface area contributed by atoms with Crippen LogP contribution in [0, 0.1) is 12.3 Å². The maximum atomic E-state index is 13.9. The molecule has 3 atom stereocenters. The van der Waals surface area contributed by atoms with Gasteiger partial charge in [0.25, 0.3) is 5.91 Å². The van der Waals surface area contributed by atoms with Crippen LogP contribution in [0.3, 0.4) is 0 Å². The van der Waals surface area contributed by atoms with Crippen LogP contribution in [0.4, 0.5) is 0 Å². The number of carbonyl (C=O) groups excluding carboxylic acids is 3. The molecule has 2 aromatic rings. The lowest BCUT2D eigenvalue weighted by Crippen LogP contribution is -2.59. The van der Waals surface area contributed by atoms with Crippen LogP contribution >= 0.6 is 0 Å². The molecule has 0 radical (unpaired) electrons. The van der Waals surface area contributed by atoms with Crippen molar-refractivity contribution in [2.45, 2.75) is 72.0 Å². The second-order valence-corrected chi connectivity index (χ2v) is 11.5. The second-order valence-electron chi connectivity index (χ2n) is 11.5. The molecule has 1 fully saturated rings. The van der Waals surface area contributed by atoms with E-state index in [1.165, 1.54) is 5.56 Å². The molecule has 1 heterocycles. The number of benzene rings is 2. The minimum atomic E-state index is -0.656. The van der Waals surface area contributed by atoms with Gasteiger partial charge >= 0.3 is 0 Å². The molecule has 206 valence electrons. The van der Waals surface area contributed by atoms with Gasteiger partial charge in [-0.05, 0) is 63.3 Å². The molecule has 0 spiro atoms. The first-order chi connectivity index (χ1) is 18.0. The van der Waals surface area contributed by atoms with Crippen molar-refractivity contribution in [3.8, 4) is 0 Å². The molecule has 3 amide bonds. The Kier molecular flexibility index (Phi) is 10.1. The number of likely N-dealkylation sites (N-methyl/N-ethyl adjacent to an activating group) is 1. The van der Waals surface area contributed by atoms with Crippen molar-refractivity contribution in [3.63, 3.8) is 0 Å². The van der Waals surface area contributed by atoms with Gasteiger partial charge in [-0.1, -0.05) is 68.8 Å². The molecule has 1 aliphatic heterocycles. The Bertz CT molecular complexity index is 1080. The lowest BCUT2D eigenvalue weighted by molar-refractivity contribution is -0.140. The third kappa shape index (κ3) is 7.67. The largest absolute Gasteiger partial charge is 0.342 e. The van der Waals surface area contributed by atoms with Crippen molar-refractivity contribution in [2.24, 2.45) is 5.41 Å². The van der Waals surface area contributed by atoms with Gasteiger partial charge < -0.3 is 20.4 Å². The SMILES string of the molecule is CN[C@@H](C)C(=O)N[C@H](C(=O)N1CCC[C@H]1CN(CCc1ccccc1)C(=O)c1ccc(C)cc1)C(C)(C)C. The third-order valence-electron chi connectivity index (χ3n) is 7.42. The zero-order valence-corrected chi connectivity index (χ0v) is 23.8. The summed E-state index contributed by atoms with van der Waals surface area (Å²) in [5.41, 5.74) is 2.47. The summed E-state index contributed by atoms with van der Waals surface area (Å²) in [6, 6.07) is 16.7. The number of hydrogen-bond acceptors (Lipinski definition) is 4. The van der Waals surface area contributed by atoms with Crippen molar-refractivity contribution in [3.05, 3.63) is 71.3 Å². The van der Waals surface area contributed by atoms with Gasteiger partial charge in [0.15, 0.2) is 0 Å². The molecule has 0 saturated carbocycles. The minimum absolute atomic E-state index is 0.0243. The van der Waals surface area contributed by atoms with E-state index < -0.39 is 17.5 Å². The molecule has 7 heteroatoms. The molecule has 3 rings (SSSR count). The lowest BCUT2D eigenvalue weighted by atomic mass is 9.85. The van der Waals surface area contributed by atoms with Crippen LogP contribution in [0.1, 0.15) is 62.0 Å². The Morgan fingerprint density at radius 3 is 2.32 bits per heavy atom. The standard InChI is InChI=1S/C31H44N4O3/c1-22-14-16-25(17-15-22)29(37)34(20-18-24-11-8-7-9-12-24)21-26-13-10-19-35(26)30(38)27(31(3,4)5)33-28(36)23(2)32-6/h7-9,11-12,14-17,23,26-27,32H,10,13,18-21H2,1-6H3,(H,33,36)/t23-,26-,27+/m0/s1. The summed E-state index contributed by atoms with van der Waals surface area (Å²) in [6.07, 6.45) is 2.44. The zero-order chi connectivity index (χ0) is 27.9. The number of amides is 3.